The number of benzene rings is 1. The van der Waals surface area contributed by atoms with Crippen LogP contribution in [0.1, 0.15) is 23.7 Å². The maximum atomic E-state index is 11.9. The summed E-state index contributed by atoms with van der Waals surface area (Å²) in [7, 11) is 3.27. The topological polar surface area (TPSA) is 131 Å². The maximum absolute atomic E-state index is 11.9. The Hall–Kier alpha value is -3.17. The molecule has 0 spiro atoms. The van der Waals surface area contributed by atoms with Gasteiger partial charge in [-0.3, -0.25) is 20.2 Å². The zero-order chi connectivity index (χ0) is 19.0. The monoisotopic (exact) mass is 352 g/mol. The number of rotatable bonds is 7. The largest absolute Gasteiger partial charge is 0.452 e. The van der Waals surface area contributed by atoms with Crippen molar-refractivity contribution in [1.82, 2.24) is 10.6 Å². The van der Waals surface area contributed by atoms with E-state index in [1.54, 1.807) is 14.1 Å². The molecular weight excluding hydrogens is 332 g/mol. The van der Waals surface area contributed by atoms with Crippen molar-refractivity contribution in [3.05, 3.63) is 33.9 Å². The molecule has 0 radical (unpaired) electrons. The predicted octanol–water partition coefficient (Wildman–Crippen LogP) is 1.05. The number of carbonyl (C=O) groups is 3. The van der Waals surface area contributed by atoms with Crippen molar-refractivity contribution in [3.63, 3.8) is 0 Å². The Kier molecular flexibility index (Phi) is 7.32. The minimum absolute atomic E-state index is 0.0689. The van der Waals surface area contributed by atoms with Crippen LogP contribution in [0.25, 0.3) is 0 Å². The lowest BCUT2D eigenvalue weighted by molar-refractivity contribution is -0.384. The fourth-order valence-electron chi connectivity index (χ4n) is 1.83. The van der Waals surface area contributed by atoms with Gasteiger partial charge in [0.25, 0.3) is 11.6 Å². The second kappa shape index (κ2) is 9.21. The van der Waals surface area contributed by atoms with E-state index < -0.39 is 29.4 Å². The van der Waals surface area contributed by atoms with E-state index in [4.69, 9.17) is 4.74 Å². The van der Waals surface area contributed by atoms with E-state index in [2.05, 4.69) is 5.32 Å². The van der Waals surface area contributed by atoms with Gasteiger partial charge in [-0.15, -0.1) is 0 Å². The highest BCUT2D eigenvalue weighted by Gasteiger charge is 2.20. The van der Waals surface area contributed by atoms with Crippen molar-refractivity contribution >= 4 is 29.3 Å². The summed E-state index contributed by atoms with van der Waals surface area (Å²) in [6.45, 7) is 1.58. The lowest BCUT2D eigenvalue weighted by Crippen LogP contribution is -2.41. The van der Waals surface area contributed by atoms with Crippen LogP contribution >= 0.6 is 0 Å². The molecule has 0 atom stereocenters. The van der Waals surface area contributed by atoms with Crippen molar-refractivity contribution in [3.8, 4) is 0 Å². The zero-order valence-corrected chi connectivity index (χ0v) is 14.2. The van der Waals surface area contributed by atoms with Crippen LogP contribution in [-0.2, 0) is 9.53 Å². The van der Waals surface area contributed by atoms with Crippen LogP contribution < -0.4 is 15.5 Å². The summed E-state index contributed by atoms with van der Waals surface area (Å²) in [5.74, 6) is -1.71. The Morgan fingerprint density at radius 2 is 1.96 bits per heavy atom. The molecule has 10 heteroatoms. The molecular formula is C15H20N4O6. The molecule has 10 nitrogen and oxygen atoms in total. The van der Waals surface area contributed by atoms with Crippen molar-refractivity contribution in [2.24, 2.45) is 0 Å². The predicted molar refractivity (Wildman–Crippen MR) is 89.5 cm³/mol. The van der Waals surface area contributed by atoms with Crippen LogP contribution in [0.4, 0.5) is 16.2 Å². The van der Waals surface area contributed by atoms with Gasteiger partial charge < -0.3 is 15.0 Å². The van der Waals surface area contributed by atoms with Gasteiger partial charge in [-0.1, -0.05) is 6.92 Å². The fourth-order valence-corrected chi connectivity index (χ4v) is 1.83. The smallest absolute Gasteiger partial charge is 0.338 e. The molecule has 0 aromatic heterocycles. The number of nitrogens with one attached hydrogen (secondary N) is 2. The molecule has 0 unspecified atom stereocenters. The Morgan fingerprint density at radius 3 is 2.52 bits per heavy atom. The first-order chi connectivity index (χ1) is 11.8. The van der Waals surface area contributed by atoms with Gasteiger partial charge in [0.1, 0.15) is 5.69 Å². The summed E-state index contributed by atoms with van der Waals surface area (Å²) in [5.41, 5.74) is -0.00438. The summed E-state index contributed by atoms with van der Waals surface area (Å²) in [6, 6.07) is 3.15. The van der Waals surface area contributed by atoms with Crippen LogP contribution in [-0.4, -0.2) is 50.1 Å². The van der Waals surface area contributed by atoms with E-state index in [9.17, 15) is 24.5 Å². The molecule has 0 aliphatic carbocycles. The molecule has 1 aromatic rings. The van der Waals surface area contributed by atoms with E-state index in [-0.39, 0.29) is 11.3 Å². The van der Waals surface area contributed by atoms with Gasteiger partial charge >= 0.3 is 12.0 Å². The Bertz CT molecular complexity index is 674. The number of nitro benzene ring substituents is 1. The van der Waals surface area contributed by atoms with Gasteiger partial charge in [-0.25, -0.2) is 9.59 Å². The highest BCUT2D eigenvalue weighted by atomic mass is 16.6. The Morgan fingerprint density at radius 1 is 1.28 bits per heavy atom. The highest BCUT2D eigenvalue weighted by molar-refractivity contribution is 5.97. The number of ether oxygens (including phenoxy) is 1. The van der Waals surface area contributed by atoms with Crippen LogP contribution in [0.2, 0.25) is 0 Å². The number of amides is 3. The molecule has 0 saturated heterocycles. The zero-order valence-electron chi connectivity index (χ0n) is 14.2. The quantitative estimate of drug-likeness (QED) is 0.426. The Balaban J connectivity index is 2.69. The average Bonchev–Trinajstić information content (AvgIpc) is 2.57. The standard InChI is InChI=1S/C15H20N4O6/c1-4-7-16-15(22)17-13(20)9-25-14(21)10-5-6-11(18(2)3)12(8-10)19(23)24/h5-6,8H,4,7,9H2,1-3H3,(H2,16,17,20,22). The van der Waals surface area contributed by atoms with Crippen LogP contribution in [0.15, 0.2) is 18.2 Å². The van der Waals surface area contributed by atoms with Crippen LogP contribution in [0.3, 0.4) is 0 Å². The second-order valence-corrected chi connectivity index (χ2v) is 5.24. The molecule has 25 heavy (non-hydrogen) atoms. The molecule has 0 bridgehead atoms. The SMILES string of the molecule is CCCNC(=O)NC(=O)COC(=O)c1ccc(N(C)C)c([N+](=O)[O-])c1. The summed E-state index contributed by atoms with van der Waals surface area (Å²) < 4.78 is 4.76. The number of carbonyl (C=O) groups excluding carboxylic acids is 3. The molecule has 0 aliphatic rings. The second-order valence-electron chi connectivity index (χ2n) is 5.24. The van der Waals surface area contributed by atoms with Gasteiger partial charge in [-0.2, -0.15) is 0 Å². The number of hydrogen-bond donors (Lipinski definition) is 2. The Labute approximate surface area is 144 Å². The highest BCUT2D eigenvalue weighted by Crippen LogP contribution is 2.27. The lowest BCUT2D eigenvalue weighted by atomic mass is 10.1. The number of hydrogen-bond acceptors (Lipinski definition) is 7. The number of imide groups is 1. The van der Waals surface area contributed by atoms with Gasteiger partial charge in [0.05, 0.1) is 10.5 Å². The van der Waals surface area contributed by atoms with E-state index in [0.29, 0.717) is 18.7 Å². The maximum Gasteiger partial charge on any atom is 0.338 e. The fraction of sp³-hybridized carbons (Fsp3) is 0.400. The van der Waals surface area contributed by atoms with Gasteiger partial charge in [0.2, 0.25) is 0 Å². The molecule has 136 valence electrons. The summed E-state index contributed by atoms with van der Waals surface area (Å²) in [6.07, 6.45) is 0.707. The van der Waals surface area contributed by atoms with Gasteiger partial charge in [-0.05, 0) is 18.6 Å². The molecule has 1 rings (SSSR count). The number of esters is 1. The third-order valence-electron chi connectivity index (χ3n) is 3.01. The summed E-state index contributed by atoms with van der Waals surface area (Å²) >= 11 is 0. The molecule has 0 heterocycles. The molecule has 1 aromatic carbocycles. The summed E-state index contributed by atoms with van der Waals surface area (Å²) in [5, 5.41) is 15.5. The van der Waals surface area contributed by atoms with Crippen LogP contribution in [0.5, 0.6) is 0 Å². The van der Waals surface area contributed by atoms with E-state index in [1.807, 2.05) is 12.2 Å². The third-order valence-corrected chi connectivity index (χ3v) is 3.01. The minimum Gasteiger partial charge on any atom is -0.452 e. The number of anilines is 1. The minimum atomic E-state index is -0.905. The first-order valence-electron chi connectivity index (χ1n) is 7.46. The number of urea groups is 1. The average molecular weight is 352 g/mol. The molecule has 2 N–H and O–H groups in total. The van der Waals surface area contributed by atoms with Gasteiger partial charge in [0, 0.05) is 26.7 Å². The van der Waals surface area contributed by atoms with Crippen molar-refractivity contribution in [1.29, 1.82) is 0 Å². The van der Waals surface area contributed by atoms with Crippen molar-refractivity contribution in [2.45, 2.75) is 13.3 Å². The van der Waals surface area contributed by atoms with E-state index >= 15 is 0 Å². The molecule has 0 saturated carbocycles. The molecule has 0 aliphatic heterocycles. The first-order valence-corrected chi connectivity index (χ1v) is 7.46. The van der Waals surface area contributed by atoms with E-state index in [0.717, 1.165) is 6.07 Å². The molecule has 0 fully saturated rings. The van der Waals surface area contributed by atoms with Crippen molar-refractivity contribution in [2.75, 3.05) is 32.1 Å². The number of nitrogens with zero attached hydrogens (tertiary/aromatic N) is 2. The number of nitro groups is 1. The molecule has 3 amide bonds. The van der Waals surface area contributed by atoms with E-state index in [1.165, 1.54) is 17.0 Å². The van der Waals surface area contributed by atoms with Gasteiger partial charge in [0.15, 0.2) is 6.61 Å². The lowest BCUT2D eigenvalue weighted by Gasteiger charge is -2.13. The van der Waals surface area contributed by atoms with Crippen molar-refractivity contribution < 1.29 is 24.0 Å². The first kappa shape index (κ1) is 19.9. The third kappa shape index (κ3) is 6.09. The summed E-state index contributed by atoms with van der Waals surface area (Å²) in [4.78, 5) is 46.7. The normalized spacial score (nSPS) is 9.88. The van der Waals surface area contributed by atoms with Crippen LogP contribution in [0, 0.1) is 10.1 Å².